The maximum absolute atomic E-state index is 11.3. The summed E-state index contributed by atoms with van der Waals surface area (Å²) in [7, 11) is 0. The second-order valence-electron chi connectivity index (χ2n) is 4.76. The van der Waals surface area contributed by atoms with Crippen LogP contribution >= 0.6 is 0 Å². The normalized spacial score (nSPS) is 10.7. The summed E-state index contributed by atoms with van der Waals surface area (Å²) in [5, 5.41) is 0. The van der Waals surface area contributed by atoms with Crippen LogP contribution in [0.4, 0.5) is 0 Å². The van der Waals surface area contributed by atoms with Crippen LogP contribution < -0.4 is 5.56 Å². The molecule has 2 nitrogen and oxygen atoms in total. The molecule has 1 rings (SSSR count). The first-order valence-electron chi connectivity index (χ1n) is 6.98. The lowest BCUT2D eigenvalue weighted by Crippen LogP contribution is -2.08. The van der Waals surface area contributed by atoms with E-state index in [9.17, 15) is 4.79 Å². The Morgan fingerprint density at radius 2 is 1.53 bits per heavy atom. The summed E-state index contributed by atoms with van der Waals surface area (Å²) < 4.78 is 0. The monoisotopic (exact) mass is 235 g/mol. The number of H-pyrrole nitrogens is 1. The van der Waals surface area contributed by atoms with Gasteiger partial charge >= 0.3 is 0 Å². The molecule has 1 aromatic rings. The van der Waals surface area contributed by atoms with Crippen molar-refractivity contribution < 1.29 is 0 Å². The quantitative estimate of drug-likeness (QED) is 0.682. The molecular weight excluding hydrogens is 210 g/mol. The van der Waals surface area contributed by atoms with Gasteiger partial charge in [-0.1, -0.05) is 39.5 Å². The van der Waals surface area contributed by atoms with Crippen LogP contribution in [0.25, 0.3) is 0 Å². The number of aromatic nitrogens is 1. The largest absolute Gasteiger partial charge is 0.329 e. The molecule has 96 valence electrons. The van der Waals surface area contributed by atoms with E-state index >= 15 is 0 Å². The third-order valence-corrected chi connectivity index (χ3v) is 3.21. The van der Waals surface area contributed by atoms with Gasteiger partial charge in [0.1, 0.15) is 0 Å². The van der Waals surface area contributed by atoms with Crippen molar-refractivity contribution in [1.29, 1.82) is 0 Å². The minimum atomic E-state index is 0.0377. The highest BCUT2D eigenvalue weighted by atomic mass is 16.1. The summed E-state index contributed by atoms with van der Waals surface area (Å²) in [5.74, 6) is 0. The minimum absolute atomic E-state index is 0.0377. The Labute approximate surface area is 104 Å². The molecule has 0 aliphatic rings. The van der Waals surface area contributed by atoms with Crippen molar-refractivity contribution in [2.24, 2.45) is 0 Å². The van der Waals surface area contributed by atoms with Gasteiger partial charge in [-0.15, -0.1) is 0 Å². The SMILES string of the molecule is CCCCCc1c[nH]c(=O)cc1CCCCC. The molecule has 2 heteroatoms. The highest BCUT2D eigenvalue weighted by Gasteiger charge is 2.03. The molecule has 1 aromatic heterocycles. The molecule has 0 aliphatic carbocycles. The molecule has 0 radical (unpaired) electrons. The fourth-order valence-electron chi connectivity index (χ4n) is 2.14. The maximum atomic E-state index is 11.3. The van der Waals surface area contributed by atoms with Gasteiger partial charge in [-0.05, 0) is 36.8 Å². The van der Waals surface area contributed by atoms with Crippen molar-refractivity contribution in [3.05, 3.63) is 33.7 Å². The second kappa shape index (κ2) is 8.10. The fraction of sp³-hybridized carbons (Fsp3) is 0.667. The molecule has 1 N–H and O–H groups in total. The Morgan fingerprint density at radius 1 is 0.941 bits per heavy atom. The van der Waals surface area contributed by atoms with Crippen LogP contribution in [-0.4, -0.2) is 4.98 Å². The van der Waals surface area contributed by atoms with Gasteiger partial charge in [0.2, 0.25) is 5.56 Å². The molecule has 0 aliphatic heterocycles. The van der Waals surface area contributed by atoms with E-state index < -0.39 is 0 Å². The lowest BCUT2D eigenvalue weighted by molar-refractivity contribution is 0.691. The van der Waals surface area contributed by atoms with Crippen LogP contribution in [0.2, 0.25) is 0 Å². The first-order chi connectivity index (χ1) is 8.27. The first-order valence-corrected chi connectivity index (χ1v) is 6.98. The van der Waals surface area contributed by atoms with Gasteiger partial charge in [0.25, 0.3) is 0 Å². The van der Waals surface area contributed by atoms with Crippen LogP contribution in [0.15, 0.2) is 17.1 Å². The van der Waals surface area contributed by atoms with Gasteiger partial charge in [0, 0.05) is 12.3 Å². The summed E-state index contributed by atoms with van der Waals surface area (Å²) in [6.45, 7) is 4.43. The van der Waals surface area contributed by atoms with Gasteiger partial charge in [-0.25, -0.2) is 0 Å². The zero-order valence-corrected chi connectivity index (χ0v) is 11.2. The number of aromatic amines is 1. The van der Waals surface area contributed by atoms with E-state index in [4.69, 9.17) is 0 Å². The number of unbranched alkanes of at least 4 members (excludes halogenated alkanes) is 4. The second-order valence-corrected chi connectivity index (χ2v) is 4.76. The highest BCUT2D eigenvalue weighted by Crippen LogP contribution is 2.13. The number of aryl methyl sites for hydroxylation is 2. The Bertz CT molecular complexity index is 367. The molecule has 17 heavy (non-hydrogen) atoms. The molecule has 0 unspecified atom stereocenters. The van der Waals surface area contributed by atoms with Crippen molar-refractivity contribution in [2.45, 2.75) is 65.2 Å². The van der Waals surface area contributed by atoms with Crippen molar-refractivity contribution in [1.82, 2.24) is 4.98 Å². The number of hydrogen-bond donors (Lipinski definition) is 1. The summed E-state index contributed by atoms with van der Waals surface area (Å²) in [6.07, 6.45) is 11.5. The molecule has 0 fully saturated rings. The maximum Gasteiger partial charge on any atom is 0.248 e. The molecule has 0 saturated carbocycles. The van der Waals surface area contributed by atoms with Crippen molar-refractivity contribution >= 4 is 0 Å². The van der Waals surface area contributed by atoms with E-state index in [1.54, 1.807) is 6.07 Å². The standard InChI is InChI=1S/C15H25NO/c1-3-5-7-9-13-11-15(17)16-12-14(13)10-8-6-4-2/h11-12H,3-10H2,1-2H3,(H,16,17). The lowest BCUT2D eigenvalue weighted by Gasteiger charge is -2.08. The zero-order chi connectivity index (χ0) is 12.5. The zero-order valence-electron chi connectivity index (χ0n) is 11.2. The average molecular weight is 235 g/mol. The van der Waals surface area contributed by atoms with Gasteiger partial charge in [0.05, 0.1) is 0 Å². The average Bonchev–Trinajstić information content (AvgIpc) is 2.32. The van der Waals surface area contributed by atoms with Crippen LogP contribution in [0.5, 0.6) is 0 Å². The fourth-order valence-corrected chi connectivity index (χ4v) is 2.14. The van der Waals surface area contributed by atoms with Crippen molar-refractivity contribution in [3.8, 4) is 0 Å². The Balaban J connectivity index is 2.62. The van der Waals surface area contributed by atoms with E-state index in [2.05, 4.69) is 18.8 Å². The topological polar surface area (TPSA) is 32.9 Å². The van der Waals surface area contributed by atoms with Gasteiger partial charge in [-0.2, -0.15) is 0 Å². The molecule has 0 bridgehead atoms. The van der Waals surface area contributed by atoms with E-state index in [1.807, 2.05) is 6.20 Å². The van der Waals surface area contributed by atoms with Gasteiger partial charge < -0.3 is 4.98 Å². The predicted octanol–water partition coefficient (Wildman–Crippen LogP) is 3.84. The molecular formula is C15H25NO. The summed E-state index contributed by atoms with van der Waals surface area (Å²) in [4.78, 5) is 14.2. The minimum Gasteiger partial charge on any atom is -0.329 e. The van der Waals surface area contributed by atoms with E-state index in [1.165, 1.54) is 49.7 Å². The molecule has 0 amide bonds. The third kappa shape index (κ3) is 5.20. The summed E-state index contributed by atoms with van der Waals surface area (Å²) in [6, 6.07) is 1.79. The van der Waals surface area contributed by atoms with Crippen molar-refractivity contribution in [2.75, 3.05) is 0 Å². The highest BCUT2D eigenvalue weighted by molar-refractivity contribution is 5.23. The smallest absolute Gasteiger partial charge is 0.248 e. The molecule has 0 spiro atoms. The predicted molar refractivity (Wildman–Crippen MR) is 73.5 cm³/mol. The van der Waals surface area contributed by atoms with Crippen LogP contribution in [-0.2, 0) is 12.8 Å². The number of pyridine rings is 1. The molecule has 0 saturated heterocycles. The third-order valence-electron chi connectivity index (χ3n) is 3.21. The van der Waals surface area contributed by atoms with Gasteiger partial charge in [-0.3, -0.25) is 4.79 Å². The molecule has 1 heterocycles. The number of hydrogen-bond acceptors (Lipinski definition) is 1. The van der Waals surface area contributed by atoms with E-state index in [0.29, 0.717) is 0 Å². The van der Waals surface area contributed by atoms with Gasteiger partial charge in [0.15, 0.2) is 0 Å². The molecule has 0 atom stereocenters. The number of rotatable bonds is 8. The van der Waals surface area contributed by atoms with Crippen molar-refractivity contribution in [3.63, 3.8) is 0 Å². The first kappa shape index (κ1) is 14.0. The van der Waals surface area contributed by atoms with E-state index in [0.717, 1.165) is 12.8 Å². The lowest BCUT2D eigenvalue weighted by atomic mass is 9.99. The Morgan fingerprint density at radius 3 is 2.12 bits per heavy atom. The van der Waals surface area contributed by atoms with Crippen LogP contribution in [0.1, 0.15) is 63.5 Å². The number of nitrogens with one attached hydrogen (secondary N) is 1. The molecule has 0 aromatic carbocycles. The summed E-state index contributed by atoms with van der Waals surface area (Å²) >= 11 is 0. The Hall–Kier alpha value is -1.05. The van der Waals surface area contributed by atoms with Crippen LogP contribution in [0.3, 0.4) is 0 Å². The Kier molecular flexibility index (Phi) is 6.68. The van der Waals surface area contributed by atoms with Crippen LogP contribution in [0, 0.1) is 0 Å². The summed E-state index contributed by atoms with van der Waals surface area (Å²) in [5.41, 5.74) is 2.64. The van der Waals surface area contributed by atoms with E-state index in [-0.39, 0.29) is 5.56 Å².